The molecule has 2 rings (SSSR count). The van der Waals surface area contributed by atoms with Crippen LogP contribution in [0.25, 0.3) is 0 Å². The Kier molecular flexibility index (Phi) is 5.15. The van der Waals surface area contributed by atoms with E-state index in [2.05, 4.69) is 4.74 Å². The fraction of sp³-hybridized carbons (Fsp3) is 0.533. The normalized spacial score (nSPS) is 22.4. The first kappa shape index (κ1) is 20.3. The highest BCUT2D eigenvalue weighted by Gasteiger charge is 2.49. The lowest BCUT2D eigenvalue weighted by atomic mass is 10.1. The van der Waals surface area contributed by atoms with Gasteiger partial charge in [-0.05, 0) is 26.1 Å². The summed E-state index contributed by atoms with van der Waals surface area (Å²) in [5.41, 5.74) is -4.16. The van der Waals surface area contributed by atoms with E-state index < -0.39 is 41.1 Å². The van der Waals surface area contributed by atoms with Crippen LogP contribution < -0.4 is 4.90 Å². The molecule has 0 saturated carbocycles. The van der Waals surface area contributed by atoms with Crippen LogP contribution in [0.5, 0.6) is 0 Å². The number of nitrogens with zero attached hydrogens (tertiary/aromatic N) is 2. The predicted molar refractivity (Wildman–Crippen MR) is 76.8 cm³/mol. The number of halogens is 7. The van der Waals surface area contributed by atoms with Crippen molar-refractivity contribution in [3.8, 4) is 0 Å². The maximum atomic E-state index is 14.4. The zero-order valence-corrected chi connectivity index (χ0v) is 13.7. The maximum absolute atomic E-state index is 14.4. The summed E-state index contributed by atoms with van der Waals surface area (Å²) in [6, 6.07) is 2.45. The molecule has 0 radical (unpaired) electrons. The molecule has 1 heterocycles. The number of alkyl halides is 6. The van der Waals surface area contributed by atoms with E-state index in [0.29, 0.717) is 6.07 Å². The van der Waals surface area contributed by atoms with Gasteiger partial charge in [0.25, 0.3) is 0 Å². The summed E-state index contributed by atoms with van der Waals surface area (Å²) in [7, 11) is 1.53. The summed E-state index contributed by atoms with van der Waals surface area (Å²) in [4.78, 5) is 13.7. The number of anilines is 1. The number of carbonyl (C=O) groups excluding carboxylic acids is 1. The molecule has 1 fully saturated rings. The van der Waals surface area contributed by atoms with E-state index in [1.54, 1.807) is 0 Å². The highest BCUT2D eigenvalue weighted by Crippen LogP contribution is 2.38. The van der Waals surface area contributed by atoms with Gasteiger partial charge in [-0.25, -0.2) is 9.18 Å². The third-order valence-electron chi connectivity index (χ3n) is 3.96. The van der Waals surface area contributed by atoms with Crippen LogP contribution in [0.4, 0.5) is 36.4 Å². The van der Waals surface area contributed by atoms with Gasteiger partial charge in [0, 0.05) is 13.1 Å². The molecule has 0 bridgehead atoms. The molecule has 1 aromatic rings. The zero-order chi connectivity index (χ0) is 19.9. The van der Waals surface area contributed by atoms with E-state index >= 15 is 0 Å². The Balaban J connectivity index is 2.47. The summed E-state index contributed by atoms with van der Waals surface area (Å²) in [6.45, 7) is 0.904. The quantitative estimate of drug-likeness (QED) is 0.574. The summed E-state index contributed by atoms with van der Waals surface area (Å²) in [5, 5.41) is 0. The van der Waals surface area contributed by atoms with Gasteiger partial charge >= 0.3 is 18.3 Å². The van der Waals surface area contributed by atoms with Crippen LogP contribution in [0.2, 0.25) is 0 Å². The SMILES string of the molecule is CN1CCN(c2cccc(C(F)(F)F)c2F)[C@@](C)(OC(=O)C(F)(F)F)C1. The van der Waals surface area contributed by atoms with E-state index in [-0.39, 0.29) is 19.6 Å². The molecule has 1 aliphatic heterocycles. The molecule has 0 aliphatic carbocycles. The van der Waals surface area contributed by atoms with Gasteiger partial charge in [0.15, 0.2) is 11.5 Å². The fourth-order valence-electron chi connectivity index (χ4n) is 2.84. The van der Waals surface area contributed by atoms with Gasteiger partial charge in [-0.1, -0.05) is 6.07 Å². The molecule has 11 heteroatoms. The Bertz CT molecular complexity index is 690. The number of likely N-dealkylation sites (N-methyl/N-ethyl adjacent to an activating group) is 1. The van der Waals surface area contributed by atoms with Crippen molar-refractivity contribution in [1.82, 2.24) is 4.90 Å². The minimum atomic E-state index is -5.29. The molecular formula is C15H15F7N2O2. The van der Waals surface area contributed by atoms with Crippen molar-refractivity contribution in [2.24, 2.45) is 0 Å². The molecule has 1 aliphatic rings. The second-order valence-corrected chi connectivity index (χ2v) is 6.09. The van der Waals surface area contributed by atoms with Crippen LogP contribution in [0.3, 0.4) is 0 Å². The molecule has 0 unspecified atom stereocenters. The van der Waals surface area contributed by atoms with Crippen molar-refractivity contribution in [3.63, 3.8) is 0 Å². The molecule has 0 N–H and O–H groups in total. The first-order chi connectivity index (χ1) is 11.8. The lowest BCUT2D eigenvalue weighted by molar-refractivity contribution is -0.215. The standard InChI is InChI=1S/C15H15F7N2O2/c1-13(26-12(25)15(20,21)22)8-23(2)6-7-24(13)10-5-3-4-9(11(10)16)14(17,18)19/h3-5H,6-8H2,1-2H3/t13-/m0/s1. The monoisotopic (exact) mass is 388 g/mol. The molecule has 1 aromatic carbocycles. The highest BCUT2D eigenvalue weighted by molar-refractivity contribution is 5.76. The largest absolute Gasteiger partial charge is 0.491 e. The van der Waals surface area contributed by atoms with E-state index in [9.17, 15) is 35.5 Å². The second kappa shape index (κ2) is 6.60. The number of rotatable bonds is 2. The maximum Gasteiger partial charge on any atom is 0.491 e. The van der Waals surface area contributed by atoms with Crippen LogP contribution >= 0.6 is 0 Å². The average Bonchev–Trinajstić information content (AvgIpc) is 2.45. The zero-order valence-electron chi connectivity index (χ0n) is 13.7. The van der Waals surface area contributed by atoms with Gasteiger partial charge in [-0.15, -0.1) is 0 Å². The third-order valence-corrected chi connectivity index (χ3v) is 3.96. The average molecular weight is 388 g/mol. The van der Waals surface area contributed by atoms with Crippen LogP contribution in [-0.4, -0.2) is 49.5 Å². The predicted octanol–water partition coefficient (Wildman–Crippen LogP) is 3.42. The second-order valence-electron chi connectivity index (χ2n) is 6.09. The van der Waals surface area contributed by atoms with Gasteiger partial charge in [0.05, 0.1) is 17.8 Å². The fourth-order valence-corrected chi connectivity index (χ4v) is 2.84. The van der Waals surface area contributed by atoms with E-state index in [1.165, 1.54) is 11.9 Å². The first-order valence-corrected chi connectivity index (χ1v) is 7.38. The number of hydrogen-bond acceptors (Lipinski definition) is 4. The summed E-state index contributed by atoms with van der Waals surface area (Å²) in [6.07, 6.45) is -10.3. The first-order valence-electron chi connectivity index (χ1n) is 7.38. The van der Waals surface area contributed by atoms with E-state index in [0.717, 1.165) is 24.0 Å². The van der Waals surface area contributed by atoms with Crippen LogP contribution in [0.15, 0.2) is 18.2 Å². The number of carbonyl (C=O) groups is 1. The third kappa shape index (κ3) is 4.02. The summed E-state index contributed by atoms with van der Waals surface area (Å²) < 4.78 is 95.4. The molecule has 1 saturated heterocycles. The number of ether oxygens (including phenoxy) is 1. The van der Waals surface area contributed by atoms with E-state index in [4.69, 9.17) is 0 Å². The Morgan fingerprint density at radius 2 is 1.77 bits per heavy atom. The van der Waals surface area contributed by atoms with Gasteiger partial charge in [0.1, 0.15) is 0 Å². The van der Waals surface area contributed by atoms with E-state index in [1.807, 2.05) is 0 Å². The van der Waals surface area contributed by atoms with Crippen molar-refractivity contribution in [2.45, 2.75) is 25.0 Å². The Morgan fingerprint density at radius 3 is 2.31 bits per heavy atom. The summed E-state index contributed by atoms with van der Waals surface area (Å²) >= 11 is 0. The Hall–Kier alpha value is -2.04. The highest BCUT2D eigenvalue weighted by atomic mass is 19.4. The molecule has 26 heavy (non-hydrogen) atoms. The minimum Gasteiger partial charge on any atom is -0.431 e. The molecule has 0 amide bonds. The molecule has 4 nitrogen and oxygen atoms in total. The number of esters is 1. The van der Waals surface area contributed by atoms with Crippen LogP contribution in [0.1, 0.15) is 12.5 Å². The van der Waals surface area contributed by atoms with Gasteiger partial charge in [-0.3, -0.25) is 4.90 Å². The Morgan fingerprint density at radius 1 is 1.15 bits per heavy atom. The molecule has 0 spiro atoms. The molecule has 0 aromatic heterocycles. The topological polar surface area (TPSA) is 32.8 Å². The van der Waals surface area contributed by atoms with Crippen molar-refractivity contribution in [1.29, 1.82) is 0 Å². The van der Waals surface area contributed by atoms with Crippen molar-refractivity contribution < 1.29 is 40.3 Å². The molecule has 1 atom stereocenters. The smallest absolute Gasteiger partial charge is 0.431 e. The lowest BCUT2D eigenvalue weighted by Crippen LogP contribution is -2.63. The van der Waals surface area contributed by atoms with Crippen LogP contribution in [-0.2, 0) is 15.7 Å². The van der Waals surface area contributed by atoms with Crippen molar-refractivity contribution in [2.75, 3.05) is 31.6 Å². The van der Waals surface area contributed by atoms with Crippen molar-refractivity contribution in [3.05, 3.63) is 29.6 Å². The van der Waals surface area contributed by atoms with Crippen molar-refractivity contribution >= 4 is 11.7 Å². The summed E-state index contributed by atoms with van der Waals surface area (Å²) in [5.74, 6) is -4.15. The van der Waals surface area contributed by atoms with Gasteiger partial charge < -0.3 is 9.64 Å². The number of piperazine rings is 1. The van der Waals surface area contributed by atoms with Gasteiger partial charge in [-0.2, -0.15) is 26.3 Å². The molecule has 146 valence electrons. The number of benzene rings is 1. The minimum absolute atomic E-state index is 0.142. The molecular weight excluding hydrogens is 373 g/mol. The lowest BCUT2D eigenvalue weighted by Gasteiger charge is -2.48. The van der Waals surface area contributed by atoms with Gasteiger partial charge in [0.2, 0.25) is 0 Å². The number of hydrogen-bond donors (Lipinski definition) is 0. The van der Waals surface area contributed by atoms with Crippen LogP contribution in [0, 0.1) is 5.82 Å². The Labute approximate surface area is 144 Å².